The van der Waals surface area contributed by atoms with E-state index in [0.717, 1.165) is 0 Å². The number of hydrogen-bond acceptors (Lipinski definition) is 5. The van der Waals surface area contributed by atoms with Crippen molar-refractivity contribution in [2.45, 2.75) is 58.2 Å². The zero-order valence-electron chi connectivity index (χ0n) is 12.9. The van der Waals surface area contributed by atoms with E-state index in [4.69, 9.17) is 14.2 Å². The van der Waals surface area contributed by atoms with Gasteiger partial charge in [-0.05, 0) is 34.6 Å². The number of hydrogen-bond donors (Lipinski definition) is 1. The third-order valence-corrected chi connectivity index (χ3v) is 3.49. The summed E-state index contributed by atoms with van der Waals surface area (Å²) in [5.41, 5.74) is -0.533. The average Bonchev–Trinajstić information content (AvgIpc) is 2.79. The molecular weight excluding hydrogens is 262 g/mol. The largest absolute Gasteiger partial charge is 0.444 e. The van der Waals surface area contributed by atoms with E-state index in [-0.39, 0.29) is 18.6 Å². The monoisotopic (exact) mass is 287 g/mol. The number of carbonyl (C=O) groups excluding carboxylic acids is 1. The van der Waals surface area contributed by atoms with Crippen molar-refractivity contribution in [1.82, 2.24) is 4.90 Å². The van der Waals surface area contributed by atoms with Gasteiger partial charge in [-0.2, -0.15) is 0 Å². The van der Waals surface area contributed by atoms with Gasteiger partial charge in [-0.15, -0.1) is 0 Å². The topological polar surface area (TPSA) is 68.2 Å². The van der Waals surface area contributed by atoms with Crippen LogP contribution in [0.1, 0.15) is 34.6 Å². The van der Waals surface area contributed by atoms with E-state index in [1.807, 2.05) is 34.6 Å². The highest BCUT2D eigenvalue weighted by Gasteiger charge is 2.45. The minimum absolute atomic E-state index is 0.135. The molecule has 0 aromatic carbocycles. The fraction of sp³-hybridized carbons (Fsp3) is 0.929. The molecule has 0 aromatic rings. The molecule has 6 nitrogen and oxygen atoms in total. The first-order valence-electron chi connectivity index (χ1n) is 7.05. The molecule has 0 aliphatic carbocycles. The van der Waals surface area contributed by atoms with E-state index in [0.29, 0.717) is 13.2 Å². The fourth-order valence-corrected chi connectivity index (χ4v) is 2.58. The van der Waals surface area contributed by atoms with E-state index in [1.54, 1.807) is 0 Å². The molecule has 2 fully saturated rings. The Morgan fingerprint density at radius 2 is 2.00 bits per heavy atom. The zero-order valence-corrected chi connectivity index (χ0v) is 12.9. The molecule has 0 bridgehead atoms. The summed E-state index contributed by atoms with van der Waals surface area (Å²) in [6, 6.07) is 0. The summed E-state index contributed by atoms with van der Waals surface area (Å²) in [5, 5.41) is 10.2. The molecule has 3 atom stereocenters. The van der Waals surface area contributed by atoms with Crippen molar-refractivity contribution in [3.8, 4) is 0 Å². The van der Waals surface area contributed by atoms with Crippen LogP contribution in [0.3, 0.4) is 0 Å². The highest BCUT2D eigenvalue weighted by Crippen LogP contribution is 2.32. The Labute approximate surface area is 120 Å². The number of amides is 1. The van der Waals surface area contributed by atoms with Crippen LogP contribution in [0, 0.1) is 5.92 Å². The van der Waals surface area contributed by atoms with Crippen LogP contribution < -0.4 is 0 Å². The molecule has 1 amide bonds. The number of aliphatic hydroxyl groups is 1. The van der Waals surface area contributed by atoms with Crippen LogP contribution in [-0.2, 0) is 14.2 Å². The maximum atomic E-state index is 12.0. The predicted octanol–water partition coefficient (Wildman–Crippen LogP) is 1.37. The first-order chi connectivity index (χ1) is 9.07. The maximum Gasteiger partial charge on any atom is 0.410 e. The van der Waals surface area contributed by atoms with Crippen molar-refractivity contribution >= 4 is 6.09 Å². The molecule has 1 unspecified atom stereocenters. The van der Waals surface area contributed by atoms with Crippen molar-refractivity contribution < 1.29 is 24.1 Å². The van der Waals surface area contributed by atoms with Crippen molar-refractivity contribution in [3.63, 3.8) is 0 Å². The number of β-amino-alcohol motifs (C(OH)–C–C–N with tert-alkyl or cyclic N) is 1. The van der Waals surface area contributed by atoms with Gasteiger partial charge in [0.1, 0.15) is 5.60 Å². The van der Waals surface area contributed by atoms with Gasteiger partial charge in [0.05, 0.1) is 25.4 Å². The lowest BCUT2D eigenvalue weighted by atomic mass is 10.00. The number of carbonyl (C=O) groups is 1. The number of rotatable bonds is 1. The van der Waals surface area contributed by atoms with Gasteiger partial charge in [-0.3, -0.25) is 0 Å². The first kappa shape index (κ1) is 15.5. The van der Waals surface area contributed by atoms with Gasteiger partial charge in [0.15, 0.2) is 5.79 Å². The van der Waals surface area contributed by atoms with Crippen LogP contribution in [0.4, 0.5) is 4.79 Å². The molecule has 0 aromatic heterocycles. The molecule has 6 heteroatoms. The van der Waals surface area contributed by atoms with Crippen LogP contribution >= 0.6 is 0 Å². The Morgan fingerprint density at radius 3 is 2.50 bits per heavy atom. The highest BCUT2D eigenvalue weighted by atomic mass is 16.7. The SMILES string of the molecule is CC(C)(C)OC(=O)N1C[C@@H](O)[C@H](C2COC(C)(C)O2)C1. The third-order valence-electron chi connectivity index (χ3n) is 3.49. The Balaban J connectivity index is 1.94. The molecule has 1 N–H and O–H groups in total. The van der Waals surface area contributed by atoms with Gasteiger partial charge in [-0.25, -0.2) is 4.79 Å². The second-order valence-corrected chi connectivity index (χ2v) is 6.98. The number of ether oxygens (including phenoxy) is 3. The third kappa shape index (κ3) is 3.62. The molecule has 2 saturated heterocycles. The summed E-state index contributed by atoms with van der Waals surface area (Å²) in [6.45, 7) is 10.3. The lowest BCUT2D eigenvalue weighted by Gasteiger charge is -2.25. The van der Waals surface area contributed by atoms with E-state index >= 15 is 0 Å². The lowest BCUT2D eigenvalue weighted by molar-refractivity contribution is -0.147. The van der Waals surface area contributed by atoms with Crippen molar-refractivity contribution in [2.24, 2.45) is 5.92 Å². The van der Waals surface area contributed by atoms with Crippen molar-refractivity contribution in [2.75, 3.05) is 19.7 Å². The average molecular weight is 287 g/mol. The Morgan fingerprint density at radius 1 is 1.35 bits per heavy atom. The number of nitrogens with zero attached hydrogens (tertiary/aromatic N) is 1. The molecular formula is C14H25NO5. The quantitative estimate of drug-likeness (QED) is 0.789. The van der Waals surface area contributed by atoms with Crippen LogP contribution in [0.2, 0.25) is 0 Å². The minimum atomic E-state index is -0.621. The predicted molar refractivity (Wildman–Crippen MR) is 72.2 cm³/mol. The number of aliphatic hydroxyl groups excluding tert-OH is 1. The molecule has 2 heterocycles. The summed E-state index contributed by atoms with van der Waals surface area (Å²) < 4.78 is 16.6. The van der Waals surface area contributed by atoms with Crippen LogP contribution in [-0.4, -0.2) is 59.4 Å². The Bertz CT molecular complexity index is 376. The molecule has 0 radical (unpaired) electrons. The van der Waals surface area contributed by atoms with E-state index in [9.17, 15) is 9.90 Å². The zero-order chi connectivity index (χ0) is 15.1. The maximum absolute atomic E-state index is 12.0. The van der Waals surface area contributed by atoms with Gasteiger partial charge in [0.25, 0.3) is 0 Å². The Kier molecular flexibility index (Phi) is 4.01. The smallest absolute Gasteiger partial charge is 0.410 e. The second-order valence-electron chi connectivity index (χ2n) is 6.98. The van der Waals surface area contributed by atoms with Crippen LogP contribution in [0.15, 0.2) is 0 Å². The van der Waals surface area contributed by atoms with Gasteiger partial charge in [0, 0.05) is 12.5 Å². The number of likely N-dealkylation sites (tertiary alicyclic amines) is 1. The fourth-order valence-electron chi connectivity index (χ4n) is 2.58. The highest BCUT2D eigenvalue weighted by molar-refractivity contribution is 5.68. The van der Waals surface area contributed by atoms with Gasteiger partial charge in [-0.1, -0.05) is 0 Å². The standard InChI is InChI=1S/C14H25NO5/c1-13(2,3)20-12(17)15-6-9(10(16)7-15)11-8-18-14(4,5)19-11/h9-11,16H,6-8H2,1-5H3/t9-,10-,11?/m1/s1. The van der Waals surface area contributed by atoms with Gasteiger partial charge >= 0.3 is 6.09 Å². The molecule has 0 spiro atoms. The summed E-state index contributed by atoms with van der Waals surface area (Å²) in [7, 11) is 0. The molecule has 0 saturated carbocycles. The summed E-state index contributed by atoms with van der Waals surface area (Å²) in [5.74, 6) is -0.756. The summed E-state index contributed by atoms with van der Waals surface area (Å²) in [6.07, 6.45) is -1.19. The Hall–Kier alpha value is -0.850. The minimum Gasteiger partial charge on any atom is -0.444 e. The van der Waals surface area contributed by atoms with Crippen LogP contribution in [0.5, 0.6) is 0 Å². The van der Waals surface area contributed by atoms with Crippen molar-refractivity contribution in [1.29, 1.82) is 0 Å². The second kappa shape index (κ2) is 5.16. The molecule has 116 valence electrons. The molecule has 2 aliphatic rings. The van der Waals surface area contributed by atoms with E-state index in [2.05, 4.69) is 0 Å². The first-order valence-corrected chi connectivity index (χ1v) is 7.05. The lowest BCUT2D eigenvalue weighted by Crippen LogP contribution is -2.36. The van der Waals surface area contributed by atoms with E-state index in [1.165, 1.54) is 4.90 Å². The normalized spacial score (nSPS) is 33.5. The summed E-state index contributed by atoms with van der Waals surface area (Å²) >= 11 is 0. The molecule has 20 heavy (non-hydrogen) atoms. The molecule has 2 rings (SSSR count). The van der Waals surface area contributed by atoms with E-state index < -0.39 is 23.6 Å². The molecule has 2 aliphatic heterocycles. The summed E-state index contributed by atoms with van der Waals surface area (Å²) in [4.78, 5) is 13.6. The van der Waals surface area contributed by atoms with Crippen LogP contribution in [0.25, 0.3) is 0 Å². The van der Waals surface area contributed by atoms with Crippen molar-refractivity contribution in [3.05, 3.63) is 0 Å². The van der Waals surface area contributed by atoms with Gasteiger partial charge < -0.3 is 24.2 Å². The van der Waals surface area contributed by atoms with Gasteiger partial charge in [0.2, 0.25) is 0 Å².